The molecule has 29 heavy (non-hydrogen) atoms. The van der Waals surface area contributed by atoms with Crippen molar-refractivity contribution in [2.75, 3.05) is 24.6 Å². The molecule has 2 heterocycles. The number of hydrogen-bond donors (Lipinski definition) is 2. The molecule has 1 unspecified atom stereocenters. The molecule has 9 heteroatoms. The van der Waals surface area contributed by atoms with Crippen LogP contribution in [0.4, 0.5) is 14.5 Å². The first-order valence-corrected chi connectivity index (χ1v) is 10.2. The highest BCUT2D eigenvalue weighted by Gasteiger charge is 2.39. The molecule has 158 valence electrons. The third kappa shape index (κ3) is 5.13. The number of halogens is 2. The summed E-state index contributed by atoms with van der Waals surface area (Å²) in [6.07, 6.45) is 4.50. The van der Waals surface area contributed by atoms with E-state index in [1.807, 2.05) is 0 Å². The summed E-state index contributed by atoms with van der Waals surface area (Å²) in [5.41, 5.74) is 5.95. The quantitative estimate of drug-likeness (QED) is 0.652. The minimum absolute atomic E-state index is 0.0764. The van der Waals surface area contributed by atoms with E-state index in [1.54, 1.807) is 6.07 Å². The van der Waals surface area contributed by atoms with Gasteiger partial charge in [0.1, 0.15) is 17.4 Å². The maximum atomic E-state index is 13.7. The molecule has 0 radical (unpaired) electrons. The molecule has 0 bridgehead atoms. The Bertz CT molecular complexity index is 796. The smallest absolute Gasteiger partial charge is 0.270 e. The molecule has 1 aliphatic heterocycles. The molecular weight excluding hydrogens is 382 g/mol. The lowest BCUT2D eigenvalue weighted by atomic mass is 10.1. The van der Waals surface area contributed by atoms with Gasteiger partial charge in [0.2, 0.25) is 11.8 Å². The number of anilines is 1. The lowest BCUT2D eigenvalue weighted by Gasteiger charge is -2.22. The Kier molecular flexibility index (Phi) is 5.31. The number of nitrogens with zero attached hydrogens (tertiary/aromatic N) is 2. The molecule has 1 atom stereocenters. The number of alkyl halides is 2. The number of pyridine rings is 1. The standard InChI is InChI=1S/C20H26F2N4O3/c21-20(22)7-8-26(11-20)16-6-5-14(25-19(16)29-10-13-3-4-13)18(28)24-15(17(23)27)9-12-1-2-12/h5-6,12-13,15H,1-4,7-11H2,(H2,23,27)(H,24,28). The topological polar surface area (TPSA) is 97.5 Å². The Hall–Kier alpha value is -2.45. The van der Waals surface area contributed by atoms with E-state index in [2.05, 4.69) is 10.3 Å². The summed E-state index contributed by atoms with van der Waals surface area (Å²) in [6, 6.07) is 2.32. The van der Waals surface area contributed by atoms with Crippen LogP contribution in [-0.2, 0) is 4.79 Å². The third-order valence-electron chi connectivity index (χ3n) is 5.65. The van der Waals surface area contributed by atoms with E-state index in [0.717, 1.165) is 25.7 Å². The number of hydrogen-bond acceptors (Lipinski definition) is 5. The van der Waals surface area contributed by atoms with E-state index in [1.165, 1.54) is 11.0 Å². The maximum absolute atomic E-state index is 13.7. The number of nitrogens with one attached hydrogen (secondary N) is 1. The second kappa shape index (κ2) is 7.76. The normalized spacial score (nSPS) is 21.7. The van der Waals surface area contributed by atoms with Gasteiger partial charge in [0, 0.05) is 13.0 Å². The minimum Gasteiger partial charge on any atom is -0.476 e. The number of ether oxygens (including phenoxy) is 1. The highest BCUT2D eigenvalue weighted by molar-refractivity contribution is 5.96. The van der Waals surface area contributed by atoms with Crippen molar-refractivity contribution in [2.24, 2.45) is 17.6 Å². The van der Waals surface area contributed by atoms with Gasteiger partial charge in [-0.1, -0.05) is 12.8 Å². The zero-order valence-electron chi connectivity index (χ0n) is 16.2. The van der Waals surface area contributed by atoms with Crippen LogP contribution in [-0.4, -0.2) is 48.5 Å². The number of carbonyl (C=O) groups is 2. The lowest BCUT2D eigenvalue weighted by Crippen LogP contribution is -2.45. The summed E-state index contributed by atoms with van der Waals surface area (Å²) in [5.74, 6) is -2.81. The summed E-state index contributed by atoms with van der Waals surface area (Å²) >= 11 is 0. The highest BCUT2D eigenvalue weighted by atomic mass is 19.3. The van der Waals surface area contributed by atoms with Crippen molar-refractivity contribution in [3.63, 3.8) is 0 Å². The number of amides is 2. The first-order valence-electron chi connectivity index (χ1n) is 10.2. The molecular formula is C20H26F2N4O3. The Morgan fingerprint density at radius 1 is 1.28 bits per heavy atom. The Morgan fingerprint density at radius 2 is 2.00 bits per heavy atom. The summed E-state index contributed by atoms with van der Waals surface area (Å²) in [7, 11) is 0. The summed E-state index contributed by atoms with van der Waals surface area (Å²) < 4.78 is 33.1. The van der Waals surface area contributed by atoms with E-state index in [0.29, 0.717) is 30.6 Å². The molecule has 0 spiro atoms. The molecule has 2 aliphatic carbocycles. The lowest BCUT2D eigenvalue weighted by molar-refractivity contribution is -0.120. The molecule has 1 aromatic rings. The zero-order chi connectivity index (χ0) is 20.6. The molecule has 4 rings (SSSR count). The Balaban J connectivity index is 1.51. The van der Waals surface area contributed by atoms with Crippen molar-refractivity contribution < 1.29 is 23.1 Å². The fourth-order valence-electron chi connectivity index (χ4n) is 3.49. The van der Waals surface area contributed by atoms with Crippen molar-refractivity contribution in [2.45, 2.75) is 50.5 Å². The maximum Gasteiger partial charge on any atom is 0.270 e. The summed E-state index contributed by atoms with van der Waals surface area (Å²) in [4.78, 5) is 30.1. The van der Waals surface area contributed by atoms with Gasteiger partial charge in [-0.05, 0) is 43.2 Å². The van der Waals surface area contributed by atoms with E-state index in [4.69, 9.17) is 10.5 Å². The van der Waals surface area contributed by atoms with E-state index in [9.17, 15) is 18.4 Å². The van der Waals surface area contributed by atoms with Gasteiger partial charge in [-0.15, -0.1) is 0 Å². The molecule has 1 aromatic heterocycles. The number of rotatable bonds is 9. The van der Waals surface area contributed by atoms with E-state index in [-0.39, 0.29) is 24.5 Å². The van der Waals surface area contributed by atoms with Crippen LogP contribution >= 0.6 is 0 Å². The minimum atomic E-state index is -2.75. The summed E-state index contributed by atoms with van der Waals surface area (Å²) in [6.45, 7) is 0.247. The predicted octanol–water partition coefficient (Wildman–Crippen LogP) is 2.10. The van der Waals surface area contributed by atoms with Crippen LogP contribution in [0, 0.1) is 11.8 Å². The van der Waals surface area contributed by atoms with Gasteiger partial charge in [-0.2, -0.15) is 0 Å². The van der Waals surface area contributed by atoms with Gasteiger partial charge in [0.05, 0.1) is 13.2 Å². The van der Waals surface area contributed by atoms with Crippen molar-refractivity contribution >= 4 is 17.5 Å². The van der Waals surface area contributed by atoms with Crippen LogP contribution in [0.15, 0.2) is 12.1 Å². The van der Waals surface area contributed by atoms with Gasteiger partial charge in [-0.3, -0.25) is 9.59 Å². The molecule has 3 fully saturated rings. The second-order valence-corrected chi connectivity index (χ2v) is 8.41. The average Bonchev–Trinajstić information content (AvgIpc) is 3.59. The van der Waals surface area contributed by atoms with Crippen LogP contribution in [0.1, 0.15) is 49.0 Å². The van der Waals surface area contributed by atoms with E-state index < -0.39 is 30.3 Å². The number of nitrogens with two attached hydrogens (primary N) is 1. The SMILES string of the molecule is NC(=O)C(CC1CC1)NC(=O)c1ccc(N2CCC(F)(F)C2)c(OCC2CC2)n1. The third-order valence-corrected chi connectivity index (χ3v) is 5.65. The average molecular weight is 408 g/mol. The highest BCUT2D eigenvalue weighted by Crippen LogP contribution is 2.37. The van der Waals surface area contributed by atoms with Crippen LogP contribution in [0.3, 0.4) is 0 Å². The first-order chi connectivity index (χ1) is 13.8. The van der Waals surface area contributed by atoms with Crippen LogP contribution in [0.25, 0.3) is 0 Å². The van der Waals surface area contributed by atoms with E-state index >= 15 is 0 Å². The number of carbonyl (C=O) groups excluding carboxylic acids is 2. The largest absolute Gasteiger partial charge is 0.476 e. The first kappa shape index (κ1) is 19.8. The van der Waals surface area contributed by atoms with Crippen molar-refractivity contribution in [1.29, 1.82) is 0 Å². The Morgan fingerprint density at radius 3 is 2.59 bits per heavy atom. The van der Waals surface area contributed by atoms with Gasteiger partial charge in [0.15, 0.2) is 0 Å². The second-order valence-electron chi connectivity index (χ2n) is 8.41. The Labute approximate surface area is 168 Å². The summed E-state index contributed by atoms with van der Waals surface area (Å²) in [5, 5.41) is 2.65. The number of primary amides is 1. The van der Waals surface area contributed by atoms with Crippen LogP contribution < -0.4 is 20.7 Å². The van der Waals surface area contributed by atoms with Gasteiger partial charge < -0.3 is 20.7 Å². The van der Waals surface area contributed by atoms with Gasteiger partial charge in [-0.25, -0.2) is 13.8 Å². The van der Waals surface area contributed by atoms with Crippen molar-refractivity contribution in [1.82, 2.24) is 10.3 Å². The molecule has 7 nitrogen and oxygen atoms in total. The van der Waals surface area contributed by atoms with Gasteiger partial charge >= 0.3 is 0 Å². The molecule has 1 saturated heterocycles. The zero-order valence-corrected chi connectivity index (χ0v) is 16.2. The van der Waals surface area contributed by atoms with Crippen molar-refractivity contribution in [3.05, 3.63) is 17.8 Å². The predicted molar refractivity (Wildman–Crippen MR) is 102 cm³/mol. The molecule has 3 aliphatic rings. The van der Waals surface area contributed by atoms with Crippen LogP contribution in [0.5, 0.6) is 5.88 Å². The molecule has 2 saturated carbocycles. The fraction of sp³-hybridized carbons (Fsp3) is 0.650. The van der Waals surface area contributed by atoms with Crippen molar-refractivity contribution in [3.8, 4) is 5.88 Å². The molecule has 0 aromatic carbocycles. The van der Waals surface area contributed by atoms with Gasteiger partial charge in [0.25, 0.3) is 11.8 Å². The molecule has 2 amide bonds. The monoisotopic (exact) mass is 408 g/mol. The van der Waals surface area contributed by atoms with Crippen LogP contribution in [0.2, 0.25) is 0 Å². The molecule has 3 N–H and O–H groups in total. The fourth-order valence-corrected chi connectivity index (χ4v) is 3.49. The number of aromatic nitrogens is 1.